The number of aromatic nitrogens is 2. The zero-order valence-electron chi connectivity index (χ0n) is 7.03. The van der Waals surface area contributed by atoms with Gasteiger partial charge in [0.2, 0.25) is 11.9 Å². The number of nitrogen functional groups attached to an aromatic ring is 3. The summed E-state index contributed by atoms with van der Waals surface area (Å²) in [6.45, 7) is 1.33. The smallest absolute Gasteiger partial charge is 0.224 e. The summed E-state index contributed by atoms with van der Waals surface area (Å²) in [6.07, 6.45) is 0. The minimum atomic E-state index is -0.299. The Bertz CT molecular complexity index is 326. The first-order valence-corrected chi connectivity index (χ1v) is 3.46. The third kappa shape index (κ3) is 1.95. The molecule has 70 valence electrons. The fraction of sp³-hybridized carbons (Fsp3) is 0.167. The van der Waals surface area contributed by atoms with Gasteiger partial charge in [0.05, 0.1) is 0 Å². The molecule has 0 spiro atoms. The molecule has 0 radical (unpaired) electrons. The number of rotatable bonds is 1. The Balaban J connectivity index is 3.13. The van der Waals surface area contributed by atoms with E-state index >= 15 is 0 Å². The van der Waals surface area contributed by atoms with Crippen LogP contribution in [0.5, 0.6) is 0 Å². The van der Waals surface area contributed by atoms with Crippen molar-refractivity contribution in [2.45, 2.75) is 6.92 Å². The van der Waals surface area contributed by atoms with Crippen LogP contribution in [0.4, 0.5) is 23.3 Å². The normalized spacial score (nSPS) is 9.62. The SMILES string of the molecule is CC(=O)Nc1c(N)nc(N)nc1N. The standard InChI is InChI=1S/C6H10N6O/c1-2(13)10-3-4(7)11-6(9)12-5(3)8/h1H3,(H,10,13)(H6,7,8,9,11,12). The molecular weight excluding hydrogens is 172 g/mol. The fourth-order valence-corrected chi connectivity index (χ4v) is 0.819. The van der Waals surface area contributed by atoms with Gasteiger partial charge < -0.3 is 22.5 Å². The highest BCUT2D eigenvalue weighted by molar-refractivity contribution is 5.95. The maximum Gasteiger partial charge on any atom is 0.224 e. The van der Waals surface area contributed by atoms with Gasteiger partial charge in [-0.05, 0) is 0 Å². The van der Waals surface area contributed by atoms with E-state index in [0.29, 0.717) is 0 Å². The highest BCUT2D eigenvalue weighted by atomic mass is 16.1. The Morgan fingerprint density at radius 3 is 2.08 bits per heavy atom. The lowest BCUT2D eigenvalue weighted by Gasteiger charge is -2.07. The Morgan fingerprint density at radius 2 is 1.69 bits per heavy atom. The molecule has 0 bridgehead atoms. The van der Waals surface area contributed by atoms with Gasteiger partial charge in [0.1, 0.15) is 5.69 Å². The maximum atomic E-state index is 10.7. The zero-order chi connectivity index (χ0) is 10.0. The first-order chi connectivity index (χ1) is 6.00. The quantitative estimate of drug-likeness (QED) is 0.448. The van der Waals surface area contributed by atoms with E-state index in [-0.39, 0.29) is 29.2 Å². The predicted octanol–water partition coefficient (Wildman–Crippen LogP) is -0.818. The monoisotopic (exact) mass is 182 g/mol. The fourth-order valence-electron chi connectivity index (χ4n) is 0.819. The molecule has 13 heavy (non-hydrogen) atoms. The lowest BCUT2D eigenvalue weighted by atomic mass is 10.4. The van der Waals surface area contributed by atoms with Crippen LogP contribution in [0, 0.1) is 0 Å². The number of anilines is 4. The lowest BCUT2D eigenvalue weighted by molar-refractivity contribution is -0.114. The van der Waals surface area contributed by atoms with Crippen LogP contribution in [0.2, 0.25) is 0 Å². The van der Waals surface area contributed by atoms with Gasteiger partial charge in [0, 0.05) is 6.92 Å². The van der Waals surface area contributed by atoms with Crippen LogP contribution in [-0.4, -0.2) is 15.9 Å². The Labute approximate surface area is 74.3 Å². The molecule has 7 nitrogen and oxygen atoms in total. The van der Waals surface area contributed by atoms with Crippen LogP contribution in [0.15, 0.2) is 0 Å². The molecule has 1 heterocycles. The molecule has 7 N–H and O–H groups in total. The molecule has 0 saturated heterocycles. The Kier molecular flexibility index (Phi) is 2.18. The second-order valence-corrected chi connectivity index (χ2v) is 2.41. The molecule has 0 aromatic carbocycles. The van der Waals surface area contributed by atoms with Crippen LogP contribution in [-0.2, 0) is 4.79 Å². The first-order valence-electron chi connectivity index (χ1n) is 3.46. The summed E-state index contributed by atoms with van der Waals surface area (Å²) in [7, 11) is 0. The number of nitrogens with two attached hydrogens (primary N) is 3. The molecule has 1 amide bonds. The number of hydrogen-bond donors (Lipinski definition) is 4. The maximum absolute atomic E-state index is 10.7. The van der Waals surface area contributed by atoms with Crippen LogP contribution in [0.25, 0.3) is 0 Å². The zero-order valence-corrected chi connectivity index (χ0v) is 7.03. The molecule has 1 rings (SSSR count). The topological polar surface area (TPSA) is 133 Å². The van der Waals surface area contributed by atoms with Gasteiger partial charge in [-0.15, -0.1) is 0 Å². The summed E-state index contributed by atoms with van der Waals surface area (Å²) < 4.78 is 0. The van der Waals surface area contributed by atoms with Crippen molar-refractivity contribution >= 4 is 29.2 Å². The van der Waals surface area contributed by atoms with Crippen LogP contribution in [0.1, 0.15) is 6.92 Å². The van der Waals surface area contributed by atoms with Gasteiger partial charge in [-0.1, -0.05) is 0 Å². The number of nitrogens with one attached hydrogen (secondary N) is 1. The largest absolute Gasteiger partial charge is 0.382 e. The third-order valence-corrected chi connectivity index (χ3v) is 1.28. The van der Waals surface area contributed by atoms with E-state index in [0.717, 1.165) is 0 Å². The van der Waals surface area contributed by atoms with Gasteiger partial charge in [-0.25, -0.2) is 0 Å². The number of hydrogen-bond acceptors (Lipinski definition) is 6. The highest BCUT2D eigenvalue weighted by Crippen LogP contribution is 2.22. The second kappa shape index (κ2) is 3.13. The van der Waals surface area contributed by atoms with E-state index in [4.69, 9.17) is 17.2 Å². The molecule has 0 fully saturated rings. The van der Waals surface area contributed by atoms with E-state index in [1.807, 2.05) is 0 Å². The molecule has 0 saturated carbocycles. The van der Waals surface area contributed by atoms with E-state index in [1.54, 1.807) is 0 Å². The average Bonchev–Trinajstić information content (AvgIpc) is 1.96. The molecule has 1 aromatic rings. The van der Waals surface area contributed by atoms with Crippen molar-refractivity contribution in [3.8, 4) is 0 Å². The van der Waals surface area contributed by atoms with Crippen LogP contribution in [0.3, 0.4) is 0 Å². The lowest BCUT2D eigenvalue weighted by Crippen LogP contribution is -2.13. The summed E-state index contributed by atoms with van der Waals surface area (Å²) in [5, 5.41) is 2.40. The summed E-state index contributed by atoms with van der Waals surface area (Å²) in [5.74, 6) is -0.212. The van der Waals surface area contributed by atoms with E-state index in [1.165, 1.54) is 6.92 Å². The summed E-state index contributed by atoms with van der Waals surface area (Å²) in [6, 6.07) is 0. The Morgan fingerprint density at radius 1 is 1.23 bits per heavy atom. The number of carbonyl (C=O) groups is 1. The van der Waals surface area contributed by atoms with Gasteiger partial charge >= 0.3 is 0 Å². The Hall–Kier alpha value is -2.05. The molecule has 0 atom stereocenters. The predicted molar refractivity (Wildman–Crippen MR) is 49.6 cm³/mol. The summed E-state index contributed by atoms with van der Waals surface area (Å²) >= 11 is 0. The van der Waals surface area contributed by atoms with Gasteiger partial charge in [0.15, 0.2) is 11.6 Å². The molecule has 0 aliphatic rings. The highest BCUT2D eigenvalue weighted by Gasteiger charge is 2.09. The van der Waals surface area contributed by atoms with E-state index in [9.17, 15) is 4.79 Å². The van der Waals surface area contributed by atoms with Crippen molar-refractivity contribution in [3.63, 3.8) is 0 Å². The van der Waals surface area contributed by atoms with E-state index in [2.05, 4.69) is 15.3 Å². The summed E-state index contributed by atoms with van der Waals surface area (Å²) in [5.41, 5.74) is 16.3. The first kappa shape index (κ1) is 9.04. The minimum Gasteiger partial charge on any atom is -0.382 e. The number of nitrogens with zero attached hydrogens (tertiary/aromatic N) is 2. The average molecular weight is 182 g/mol. The third-order valence-electron chi connectivity index (χ3n) is 1.28. The number of carbonyl (C=O) groups excluding carboxylic acids is 1. The van der Waals surface area contributed by atoms with Gasteiger partial charge in [0.25, 0.3) is 0 Å². The van der Waals surface area contributed by atoms with Gasteiger partial charge in [-0.2, -0.15) is 9.97 Å². The van der Waals surface area contributed by atoms with Crippen LogP contribution >= 0.6 is 0 Å². The molecular formula is C6H10N6O. The van der Waals surface area contributed by atoms with E-state index < -0.39 is 0 Å². The van der Waals surface area contributed by atoms with Gasteiger partial charge in [-0.3, -0.25) is 4.79 Å². The molecule has 0 unspecified atom stereocenters. The summed E-state index contributed by atoms with van der Waals surface area (Å²) in [4.78, 5) is 18.0. The van der Waals surface area contributed by atoms with Crippen molar-refractivity contribution in [1.29, 1.82) is 0 Å². The molecule has 7 heteroatoms. The molecule has 1 aromatic heterocycles. The second-order valence-electron chi connectivity index (χ2n) is 2.41. The minimum absolute atomic E-state index is 0.0240. The van der Waals surface area contributed by atoms with Crippen molar-refractivity contribution in [3.05, 3.63) is 0 Å². The van der Waals surface area contributed by atoms with Crippen molar-refractivity contribution in [2.24, 2.45) is 0 Å². The molecule has 0 aliphatic carbocycles. The number of amides is 1. The molecule has 0 aliphatic heterocycles. The van der Waals surface area contributed by atoms with Crippen LogP contribution < -0.4 is 22.5 Å². The van der Waals surface area contributed by atoms with Crippen molar-refractivity contribution in [2.75, 3.05) is 22.5 Å². The van der Waals surface area contributed by atoms with Crippen molar-refractivity contribution < 1.29 is 4.79 Å². The van der Waals surface area contributed by atoms with Crippen molar-refractivity contribution in [1.82, 2.24) is 9.97 Å².